The second kappa shape index (κ2) is 60.4. The van der Waals surface area contributed by atoms with Gasteiger partial charge in [-0.3, -0.25) is 14.4 Å². The minimum atomic E-state index is -0.822. The topological polar surface area (TPSA) is 78.9 Å². The first-order valence-electron chi connectivity index (χ1n) is 30.0. The van der Waals surface area contributed by atoms with Gasteiger partial charge in [-0.05, 0) is 116 Å². The molecule has 0 unspecified atom stereocenters. The van der Waals surface area contributed by atoms with Crippen LogP contribution in [0.4, 0.5) is 0 Å². The average molecular weight is 1010 g/mol. The number of rotatable bonds is 53. The SMILES string of the molecule is CC/C=C\C/C=C\C/C=C\C/C=C\C/C=C\C/C=C\CCC(=O)OC[C@H](COC(=O)CCCCCCCCCCCCC/C=C\CCCCCCCC)OC(=O)CCCCCCC/C=C\C/C=C\C/C=C\CC. The van der Waals surface area contributed by atoms with E-state index in [-0.39, 0.29) is 44.0 Å². The smallest absolute Gasteiger partial charge is 0.306 e. The Balaban J connectivity index is 4.48. The van der Waals surface area contributed by atoms with Gasteiger partial charge in [-0.25, -0.2) is 0 Å². The average Bonchev–Trinajstić information content (AvgIpc) is 3.39. The highest BCUT2D eigenvalue weighted by Gasteiger charge is 2.19. The van der Waals surface area contributed by atoms with Crippen LogP contribution in [0.15, 0.2) is 122 Å². The Bertz CT molecular complexity index is 1540. The summed E-state index contributed by atoms with van der Waals surface area (Å²) in [7, 11) is 0. The predicted octanol–water partition coefficient (Wildman–Crippen LogP) is 20.4. The molecule has 6 heteroatoms. The molecule has 0 aromatic carbocycles. The molecule has 0 N–H and O–H groups in total. The number of hydrogen-bond donors (Lipinski definition) is 0. The zero-order chi connectivity index (χ0) is 52.9. The van der Waals surface area contributed by atoms with Gasteiger partial charge in [0.1, 0.15) is 13.2 Å². The maximum absolute atomic E-state index is 12.9. The Morgan fingerprint density at radius 2 is 0.562 bits per heavy atom. The number of allylic oxidation sites excluding steroid dienone is 20. The van der Waals surface area contributed by atoms with Crippen LogP contribution in [0.2, 0.25) is 0 Å². The fraction of sp³-hybridized carbons (Fsp3) is 0.657. The first kappa shape index (κ1) is 68.8. The van der Waals surface area contributed by atoms with E-state index in [2.05, 4.69) is 136 Å². The number of esters is 3. The largest absolute Gasteiger partial charge is 0.462 e. The van der Waals surface area contributed by atoms with Gasteiger partial charge in [0.05, 0.1) is 0 Å². The van der Waals surface area contributed by atoms with E-state index in [1.807, 2.05) is 6.08 Å². The molecule has 0 aliphatic heterocycles. The number of hydrogen-bond acceptors (Lipinski definition) is 6. The van der Waals surface area contributed by atoms with Gasteiger partial charge in [0, 0.05) is 19.3 Å². The maximum Gasteiger partial charge on any atom is 0.306 e. The van der Waals surface area contributed by atoms with Crippen molar-refractivity contribution in [1.82, 2.24) is 0 Å². The van der Waals surface area contributed by atoms with Gasteiger partial charge in [0.15, 0.2) is 6.10 Å². The lowest BCUT2D eigenvalue weighted by Crippen LogP contribution is -2.30. The van der Waals surface area contributed by atoms with Crippen molar-refractivity contribution in [3.05, 3.63) is 122 Å². The van der Waals surface area contributed by atoms with Gasteiger partial charge in [-0.15, -0.1) is 0 Å². The highest BCUT2D eigenvalue weighted by molar-refractivity contribution is 5.71. The van der Waals surface area contributed by atoms with Crippen molar-refractivity contribution in [3.8, 4) is 0 Å². The molecule has 0 radical (unpaired) electrons. The molecule has 1 atom stereocenters. The molecular weight excluding hydrogens is 901 g/mol. The molecule has 73 heavy (non-hydrogen) atoms. The summed E-state index contributed by atoms with van der Waals surface area (Å²) in [5.74, 6) is -1.02. The van der Waals surface area contributed by atoms with E-state index in [4.69, 9.17) is 14.2 Å². The van der Waals surface area contributed by atoms with Crippen molar-refractivity contribution >= 4 is 17.9 Å². The van der Waals surface area contributed by atoms with E-state index >= 15 is 0 Å². The van der Waals surface area contributed by atoms with Crippen molar-refractivity contribution in [2.75, 3.05) is 13.2 Å². The van der Waals surface area contributed by atoms with E-state index in [1.54, 1.807) is 0 Å². The summed E-state index contributed by atoms with van der Waals surface area (Å²) >= 11 is 0. The fourth-order valence-corrected chi connectivity index (χ4v) is 8.01. The second-order valence-corrected chi connectivity index (χ2v) is 19.5. The minimum absolute atomic E-state index is 0.111. The van der Waals surface area contributed by atoms with Crippen LogP contribution in [0.1, 0.15) is 265 Å². The lowest BCUT2D eigenvalue weighted by molar-refractivity contribution is -0.166. The molecule has 0 fully saturated rings. The highest BCUT2D eigenvalue weighted by atomic mass is 16.6. The van der Waals surface area contributed by atoms with E-state index in [0.29, 0.717) is 12.8 Å². The highest BCUT2D eigenvalue weighted by Crippen LogP contribution is 2.15. The molecule has 0 rings (SSSR count). The number of unbranched alkanes of at least 4 members (excludes halogenated alkanes) is 22. The Labute approximate surface area is 450 Å². The molecular formula is C67H110O6. The standard InChI is InChI=1S/C67H110O6/c1-4-7-10-13-16-19-22-25-28-30-32-33-35-37-40-42-45-48-51-54-57-60-66(69)72-63-64(73-67(70)61-58-55-52-49-46-43-38-27-24-21-18-15-12-9-6-3)62-71-65(68)59-56-53-50-47-44-41-39-36-34-31-29-26-23-20-17-14-11-8-5-2/h8-9,11-12,17-18,20-21,25-29,34,36,38,41,44,50,53,64H,4-7,10,13-16,19,22-24,30-33,35,37,39-40,42-43,45-49,51-52,54-63H2,1-3H3/b11-8-,12-9-,20-17-,21-18-,28-25-,29-26-,36-34-,38-27-,44-41-,53-50-/t64-/m1/s1. The fourth-order valence-electron chi connectivity index (χ4n) is 8.01. The van der Waals surface area contributed by atoms with Gasteiger partial charge in [0.2, 0.25) is 0 Å². The summed E-state index contributed by atoms with van der Waals surface area (Å²) < 4.78 is 16.8. The van der Waals surface area contributed by atoms with Crippen molar-refractivity contribution < 1.29 is 28.6 Å². The van der Waals surface area contributed by atoms with E-state index in [0.717, 1.165) is 116 Å². The molecule has 6 nitrogen and oxygen atoms in total. The zero-order valence-corrected chi connectivity index (χ0v) is 47.4. The maximum atomic E-state index is 12.9. The third-order valence-corrected chi connectivity index (χ3v) is 12.4. The molecule has 414 valence electrons. The van der Waals surface area contributed by atoms with Crippen molar-refractivity contribution in [1.29, 1.82) is 0 Å². The van der Waals surface area contributed by atoms with Gasteiger partial charge in [0.25, 0.3) is 0 Å². The predicted molar refractivity (Wildman–Crippen MR) is 316 cm³/mol. The van der Waals surface area contributed by atoms with Crippen LogP contribution in [0, 0.1) is 0 Å². The number of carbonyl (C=O) groups excluding carboxylic acids is 3. The van der Waals surface area contributed by atoms with Crippen LogP contribution in [-0.4, -0.2) is 37.2 Å². The summed E-state index contributed by atoms with van der Waals surface area (Å²) in [6, 6.07) is 0. The monoisotopic (exact) mass is 1010 g/mol. The number of ether oxygens (including phenoxy) is 3. The van der Waals surface area contributed by atoms with E-state index in [1.165, 1.54) is 103 Å². The Morgan fingerprint density at radius 1 is 0.288 bits per heavy atom. The summed E-state index contributed by atoms with van der Waals surface area (Å²) in [4.78, 5) is 38.2. The minimum Gasteiger partial charge on any atom is -0.462 e. The Hall–Kier alpha value is -4.19. The molecule has 0 saturated carbocycles. The van der Waals surface area contributed by atoms with E-state index in [9.17, 15) is 14.4 Å². The zero-order valence-electron chi connectivity index (χ0n) is 47.4. The van der Waals surface area contributed by atoms with Crippen LogP contribution in [0.3, 0.4) is 0 Å². The Morgan fingerprint density at radius 3 is 0.932 bits per heavy atom. The molecule has 0 aromatic rings. The third-order valence-electron chi connectivity index (χ3n) is 12.4. The molecule has 0 bridgehead atoms. The third kappa shape index (κ3) is 58.6. The van der Waals surface area contributed by atoms with Crippen molar-refractivity contribution in [2.45, 2.75) is 271 Å². The van der Waals surface area contributed by atoms with Gasteiger partial charge >= 0.3 is 17.9 Å². The molecule has 0 heterocycles. The first-order valence-corrected chi connectivity index (χ1v) is 30.0. The molecule has 0 aromatic heterocycles. The summed E-state index contributed by atoms with van der Waals surface area (Å²) in [6.45, 7) is 6.34. The lowest BCUT2D eigenvalue weighted by Gasteiger charge is -2.18. The molecule has 0 aliphatic carbocycles. The summed E-state index contributed by atoms with van der Waals surface area (Å²) in [5.41, 5.74) is 0. The number of carbonyl (C=O) groups is 3. The second-order valence-electron chi connectivity index (χ2n) is 19.5. The Kier molecular flexibility index (Phi) is 56.9. The van der Waals surface area contributed by atoms with Crippen LogP contribution in [-0.2, 0) is 28.6 Å². The van der Waals surface area contributed by atoms with Crippen LogP contribution >= 0.6 is 0 Å². The van der Waals surface area contributed by atoms with Crippen LogP contribution in [0.5, 0.6) is 0 Å². The van der Waals surface area contributed by atoms with Gasteiger partial charge in [-0.1, -0.05) is 251 Å². The van der Waals surface area contributed by atoms with E-state index < -0.39 is 6.10 Å². The van der Waals surface area contributed by atoms with Gasteiger partial charge < -0.3 is 14.2 Å². The molecule has 0 aliphatic rings. The lowest BCUT2D eigenvalue weighted by atomic mass is 10.0. The molecule has 0 spiro atoms. The molecule has 0 saturated heterocycles. The quantitative estimate of drug-likeness (QED) is 0.0261. The van der Waals surface area contributed by atoms with Crippen LogP contribution < -0.4 is 0 Å². The summed E-state index contributed by atoms with van der Waals surface area (Å²) in [6.07, 6.45) is 83.5. The first-order chi connectivity index (χ1) is 36.0. The molecule has 0 amide bonds. The van der Waals surface area contributed by atoms with Crippen molar-refractivity contribution in [3.63, 3.8) is 0 Å². The van der Waals surface area contributed by atoms with Crippen LogP contribution in [0.25, 0.3) is 0 Å². The summed E-state index contributed by atoms with van der Waals surface area (Å²) in [5, 5.41) is 0. The van der Waals surface area contributed by atoms with Gasteiger partial charge in [-0.2, -0.15) is 0 Å². The normalized spacial score (nSPS) is 13.0. The van der Waals surface area contributed by atoms with Crippen molar-refractivity contribution in [2.24, 2.45) is 0 Å².